The van der Waals surface area contributed by atoms with E-state index in [1.165, 1.54) is 6.33 Å². The fraction of sp³-hybridized carbons (Fsp3) is 0.500. The van der Waals surface area contributed by atoms with Crippen molar-refractivity contribution in [2.24, 2.45) is 0 Å². The Morgan fingerprint density at radius 3 is 2.63 bits per heavy atom. The standard InChI is InChI=1S/C10H12BrN5O3/c11-10-15-5-8(12)13-2-14-9(5)16(10)3-1-4(17)7(19)6(3)18/h2-4,6-7,17-19H,1H2,(H2,12,13,14)/t3-,4+,6+,7-/m1/s1. The molecule has 0 aromatic carbocycles. The SMILES string of the molecule is Nc1ncnc2c1nc(Br)n2[C@@H]1C[C@H](O)[C@@H](O)[C@H]1O. The first-order chi connectivity index (χ1) is 9.00. The van der Waals surface area contributed by atoms with E-state index in [-0.39, 0.29) is 12.2 Å². The summed E-state index contributed by atoms with van der Waals surface area (Å²) in [5.41, 5.74) is 6.58. The molecular formula is C10H12BrN5O3. The molecule has 3 rings (SSSR count). The van der Waals surface area contributed by atoms with Gasteiger partial charge in [0, 0.05) is 0 Å². The van der Waals surface area contributed by atoms with Crippen molar-refractivity contribution >= 4 is 32.9 Å². The number of aliphatic hydroxyl groups excluding tert-OH is 3. The van der Waals surface area contributed by atoms with Crippen LogP contribution in [0.15, 0.2) is 11.1 Å². The quantitative estimate of drug-likeness (QED) is 0.504. The molecule has 1 saturated carbocycles. The highest BCUT2D eigenvalue weighted by atomic mass is 79.9. The second-order valence-corrected chi connectivity index (χ2v) is 5.24. The third kappa shape index (κ3) is 1.81. The summed E-state index contributed by atoms with van der Waals surface area (Å²) >= 11 is 3.28. The smallest absolute Gasteiger partial charge is 0.179 e. The average Bonchev–Trinajstić information content (AvgIpc) is 2.83. The fourth-order valence-electron chi connectivity index (χ4n) is 2.43. The number of fused-ring (bicyclic) bond motifs is 1. The van der Waals surface area contributed by atoms with Gasteiger partial charge in [-0.2, -0.15) is 0 Å². The van der Waals surface area contributed by atoms with E-state index >= 15 is 0 Å². The number of nitrogens with zero attached hydrogens (tertiary/aromatic N) is 4. The number of aliphatic hydroxyl groups is 3. The first-order valence-electron chi connectivity index (χ1n) is 5.68. The van der Waals surface area contributed by atoms with Gasteiger partial charge >= 0.3 is 0 Å². The molecule has 0 spiro atoms. The minimum absolute atomic E-state index is 0.205. The van der Waals surface area contributed by atoms with Crippen LogP contribution >= 0.6 is 15.9 Å². The summed E-state index contributed by atoms with van der Waals surface area (Å²) in [6.45, 7) is 0. The molecule has 0 amide bonds. The van der Waals surface area contributed by atoms with Crippen LogP contribution in [0.4, 0.5) is 5.82 Å². The van der Waals surface area contributed by atoms with E-state index < -0.39 is 24.4 Å². The average molecular weight is 330 g/mol. The number of hydrogen-bond acceptors (Lipinski definition) is 7. The van der Waals surface area contributed by atoms with Crippen molar-refractivity contribution in [2.45, 2.75) is 30.8 Å². The van der Waals surface area contributed by atoms with Crippen molar-refractivity contribution < 1.29 is 15.3 Å². The summed E-state index contributed by atoms with van der Waals surface area (Å²) in [6.07, 6.45) is -1.76. The lowest BCUT2D eigenvalue weighted by Crippen LogP contribution is -2.31. The molecule has 2 heterocycles. The Balaban J connectivity index is 2.16. The highest BCUT2D eigenvalue weighted by molar-refractivity contribution is 9.10. The number of aromatic nitrogens is 4. The Morgan fingerprint density at radius 2 is 2.00 bits per heavy atom. The predicted molar refractivity (Wildman–Crippen MR) is 69.1 cm³/mol. The van der Waals surface area contributed by atoms with Gasteiger partial charge in [0.1, 0.15) is 18.5 Å². The van der Waals surface area contributed by atoms with E-state index in [1.54, 1.807) is 4.57 Å². The van der Waals surface area contributed by atoms with Crippen molar-refractivity contribution in [1.29, 1.82) is 0 Å². The van der Waals surface area contributed by atoms with E-state index in [9.17, 15) is 15.3 Å². The Labute approximate surface area is 116 Å². The van der Waals surface area contributed by atoms with Crippen molar-refractivity contribution in [2.75, 3.05) is 5.73 Å². The molecule has 4 atom stereocenters. The second-order valence-electron chi connectivity index (χ2n) is 4.53. The second kappa shape index (κ2) is 4.37. The van der Waals surface area contributed by atoms with Crippen molar-refractivity contribution in [1.82, 2.24) is 19.5 Å². The van der Waals surface area contributed by atoms with Gasteiger partial charge in [0.05, 0.1) is 12.1 Å². The Kier molecular flexibility index (Phi) is 2.93. The lowest BCUT2D eigenvalue weighted by atomic mass is 10.2. The van der Waals surface area contributed by atoms with E-state index in [0.717, 1.165) is 0 Å². The molecule has 2 aromatic heterocycles. The summed E-state index contributed by atoms with van der Waals surface area (Å²) in [4.78, 5) is 12.1. The Morgan fingerprint density at radius 1 is 1.26 bits per heavy atom. The maximum absolute atomic E-state index is 10.00. The van der Waals surface area contributed by atoms with Gasteiger partial charge in [-0.15, -0.1) is 0 Å². The molecule has 0 aliphatic heterocycles. The van der Waals surface area contributed by atoms with Gasteiger partial charge in [-0.05, 0) is 22.4 Å². The van der Waals surface area contributed by atoms with Gasteiger partial charge in [0.2, 0.25) is 0 Å². The minimum Gasteiger partial charge on any atom is -0.390 e. The number of rotatable bonds is 1. The van der Waals surface area contributed by atoms with Crippen LogP contribution < -0.4 is 5.73 Å². The molecular weight excluding hydrogens is 318 g/mol. The molecule has 0 radical (unpaired) electrons. The summed E-state index contributed by atoms with van der Waals surface area (Å²) in [7, 11) is 0. The van der Waals surface area contributed by atoms with E-state index in [4.69, 9.17) is 5.73 Å². The maximum atomic E-state index is 10.00. The lowest BCUT2D eigenvalue weighted by Gasteiger charge is -2.18. The molecule has 9 heteroatoms. The minimum atomic E-state index is -1.19. The molecule has 2 aromatic rings. The fourth-order valence-corrected chi connectivity index (χ4v) is 3.04. The molecule has 1 aliphatic carbocycles. The van der Waals surface area contributed by atoms with E-state index in [1.807, 2.05) is 0 Å². The van der Waals surface area contributed by atoms with Crippen molar-refractivity contribution in [3.05, 3.63) is 11.1 Å². The van der Waals surface area contributed by atoms with Crippen LogP contribution in [0.25, 0.3) is 11.2 Å². The topological polar surface area (TPSA) is 130 Å². The largest absolute Gasteiger partial charge is 0.390 e. The monoisotopic (exact) mass is 329 g/mol. The van der Waals surface area contributed by atoms with Gasteiger partial charge in [-0.1, -0.05) is 0 Å². The van der Waals surface area contributed by atoms with Gasteiger partial charge in [-0.3, -0.25) is 4.57 Å². The van der Waals surface area contributed by atoms with Crippen LogP contribution in [-0.4, -0.2) is 53.2 Å². The van der Waals surface area contributed by atoms with Gasteiger partial charge in [-0.25, -0.2) is 15.0 Å². The summed E-state index contributed by atoms with van der Waals surface area (Å²) in [6, 6.07) is -0.529. The number of halogens is 1. The molecule has 8 nitrogen and oxygen atoms in total. The van der Waals surface area contributed by atoms with E-state index in [0.29, 0.717) is 15.9 Å². The number of anilines is 1. The molecule has 1 aliphatic rings. The summed E-state index contributed by atoms with van der Waals surface area (Å²) in [5, 5.41) is 29.3. The van der Waals surface area contributed by atoms with Gasteiger partial charge < -0.3 is 21.1 Å². The van der Waals surface area contributed by atoms with Crippen LogP contribution in [0.1, 0.15) is 12.5 Å². The Bertz CT molecular complexity index is 633. The molecule has 0 bridgehead atoms. The zero-order valence-electron chi connectivity index (χ0n) is 9.68. The lowest BCUT2D eigenvalue weighted by molar-refractivity contribution is -0.0246. The molecule has 102 valence electrons. The number of hydrogen-bond donors (Lipinski definition) is 4. The van der Waals surface area contributed by atoms with Crippen molar-refractivity contribution in [3.8, 4) is 0 Å². The molecule has 0 saturated heterocycles. The highest BCUT2D eigenvalue weighted by Gasteiger charge is 2.43. The molecule has 0 unspecified atom stereocenters. The Hall–Kier alpha value is -1.29. The molecule has 1 fully saturated rings. The van der Waals surface area contributed by atoms with Crippen LogP contribution in [0.2, 0.25) is 0 Å². The zero-order chi connectivity index (χ0) is 13.7. The van der Waals surface area contributed by atoms with Crippen LogP contribution in [0.5, 0.6) is 0 Å². The number of imidazole rings is 1. The maximum Gasteiger partial charge on any atom is 0.179 e. The summed E-state index contributed by atoms with van der Waals surface area (Å²) < 4.78 is 2.03. The first-order valence-corrected chi connectivity index (χ1v) is 6.48. The van der Waals surface area contributed by atoms with Gasteiger partial charge in [0.15, 0.2) is 21.7 Å². The summed E-state index contributed by atoms with van der Waals surface area (Å²) in [5.74, 6) is 0.234. The predicted octanol–water partition coefficient (Wildman–Crippen LogP) is -0.802. The third-order valence-corrected chi connectivity index (χ3v) is 3.97. The zero-order valence-corrected chi connectivity index (χ0v) is 11.3. The normalized spacial score (nSPS) is 31.2. The molecule has 19 heavy (non-hydrogen) atoms. The highest BCUT2D eigenvalue weighted by Crippen LogP contribution is 2.36. The number of nitrogen functional groups attached to an aromatic ring is 1. The van der Waals surface area contributed by atoms with Crippen molar-refractivity contribution in [3.63, 3.8) is 0 Å². The van der Waals surface area contributed by atoms with Gasteiger partial charge in [0.25, 0.3) is 0 Å². The van der Waals surface area contributed by atoms with Crippen LogP contribution in [0, 0.1) is 0 Å². The first kappa shape index (κ1) is 12.7. The van der Waals surface area contributed by atoms with Crippen LogP contribution in [0.3, 0.4) is 0 Å². The number of nitrogens with two attached hydrogens (primary N) is 1. The van der Waals surface area contributed by atoms with Crippen LogP contribution in [-0.2, 0) is 0 Å². The third-order valence-electron chi connectivity index (χ3n) is 3.42. The molecule has 5 N–H and O–H groups in total. The van der Waals surface area contributed by atoms with E-state index in [2.05, 4.69) is 30.9 Å².